The van der Waals surface area contributed by atoms with Crippen LogP contribution < -0.4 is 5.32 Å². The molecule has 1 saturated heterocycles. The highest BCUT2D eigenvalue weighted by Crippen LogP contribution is 2.22. The quantitative estimate of drug-likeness (QED) is 0.860. The molecular weight excluding hydrogens is 372 g/mol. The first-order valence-electron chi connectivity index (χ1n) is 6.48. The first-order chi connectivity index (χ1) is 9.06. The van der Waals surface area contributed by atoms with Crippen LogP contribution in [0.1, 0.15) is 23.2 Å². The molecule has 0 aliphatic carbocycles. The Morgan fingerprint density at radius 1 is 1.47 bits per heavy atom. The average molecular weight is 390 g/mol. The highest BCUT2D eigenvalue weighted by atomic mass is 79.9. The number of halogens is 2. The summed E-state index contributed by atoms with van der Waals surface area (Å²) in [7, 11) is 2.14. The Labute approximate surface area is 131 Å². The lowest BCUT2D eigenvalue weighted by molar-refractivity contribution is 0.0936. The fraction of sp³-hybridized carbons (Fsp3) is 0.500. The van der Waals surface area contributed by atoms with E-state index in [0.717, 1.165) is 22.0 Å². The molecule has 1 atom stereocenters. The van der Waals surface area contributed by atoms with Crippen LogP contribution in [-0.4, -0.2) is 37.5 Å². The summed E-state index contributed by atoms with van der Waals surface area (Å²) in [6.07, 6.45) is 2.42. The van der Waals surface area contributed by atoms with Crippen molar-refractivity contribution in [3.05, 3.63) is 32.7 Å². The number of nitrogens with one attached hydrogen (secondary N) is 1. The van der Waals surface area contributed by atoms with Crippen LogP contribution in [0.3, 0.4) is 0 Å². The molecule has 1 fully saturated rings. The zero-order valence-electron chi connectivity index (χ0n) is 11.0. The van der Waals surface area contributed by atoms with Crippen molar-refractivity contribution in [1.82, 2.24) is 10.2 Å². The normalized spacial score (nSPS) is 20.3. The Morgan fingerprint density at radius 2 is 2.26 bits per heavy atom. The number of rotatable bonds is 3. The molecule has 0 radical (unpaired) electrons. The van der Waals surface area contributed by atoms with Crippen LogP contribution in [0.15, 0.2) is 27.1 Å². The summed E-state index contributed by atoms with van der Waals surface area (Å²) < 4.78 is 1.78. The molecule has 2 rings (SSSR count). The molecule has 1 aliphatic heterocycles. The third-order valence-electron chi connectivity index (χ3n) is 3.45. The van der Waals surface area contributed by atoms with E-state index >= 15 is 0 Å². The molecule has 3 nitrogen and oxygen atoms in total. The van der Waals surface area contributed by atoms with Crippen molar-refractivity contribution in [1.29, 1.82) is 0 Å². The predicted octanol–water partition coefficient (Wildman–Crippen LogP) is 3.28. The highest BCUT2D eigenvalue weighted by Gasteiger charge is 2.18. The van der Waals surface area contributed by atoms with Crippen LogP contribution in [0.25, 0.3) is 0 Å². The van der Waals surface area contributed by atoms with Gasteiger partial charge < -0.3 is 10.2 Å². The van der Waals surface area contributed by atoms with Crippen LogP contribution in [0.5, 0.6) is 0 Å². The number of hydrogen-bond donors (Lipinski definition) is 1. The smallest absolute Gasteiger partial charge is 0.252 e. The summed E-state index contributed by atoms with van der Waals surface area (Å²) in [5, 5.41) is 3.04. The third-order valence-corrected chi connectivity index (χ3v) is 4.60. The number of amides is 1. The van der Waals surface area contributed by atoms with E-state index in [9.17, 15) is 4.79 Å². The fourth-order valence-corrected chi connectivity index (χ4v) is 3.67. The van der Waals surface area contributed by atoms with Gasteiger partial charge in [-0.1, -0.05) is 15.9 Å². The van der Waals surface area contributed by atoms with E-state index in [0.29, 0.717) is 11.5 Å². The number of benzene rings is 1. The van der Waals surface area contributed by atoms with E-state index in [2.05, 4.69) is 49.1 Å². The average Bonchev–Trinajstić information content (AvgIpc) is 2.36. The molecule has 5 heteroatoms. The second-order valence-corrected chi connectivity index (χ2v) is 6.87. The molecule has 0 spiro atoms. The van der Waals surface area contributed by atoms with Gasteiger partial charge in [-0.05, 0) is 66.5 Å². The van der Waals surface area contributed by atoms with Crippen molar-refractivity contribution in [2.45, 2.75) is 12.8 Å². The van der Waals surface area contributed by atoms with Crippen molar-refractivity contribution in [2.75, 3.05) is 26.7 Å². The summed E-state index contributed by atoms with van der Waals surface area (Å²) in [5.41, 5.74) is 0.687. The second-order valence-electron chi connectivity index (χ2n) is 5.10. The van der Waals surface area contributed by atoms with Crippen LogP contribution >= 0.6 is 31.9 Å². The molecule has 1 N–H and O–H groups in total. The van der Waals surface area contributed by atoms with E-state index in [-0.39, 0.29) is 5.91 Å². The highest BCUT2D eigenvalue weighted by molar-refractivity contribution is 9.11. The van der Waals surface area contributed by atoms with Crippen molar-refractivity contribution in [3.8, 4) is 0 Å². The molecule has 0 bridgehead atoms. The Hall–Kier alpha value is -0.390. The zero-order chi connectivity index (χ0) is 13.8. The van der Waals surface area contributed by atoms with Gasteiger partial charge in [0, 0.05) is 22.0 Å². The molecule has 104 valence electrons. The maximum atomic E-state index is 12.1. The molecular formula is C14H18Br2N2O. The van der Waals surface area contributed by atoms with Gasteiger partial charge >= 0.3 is 0 Å². The topological polar surface area (TPSA) is 32.3 Å². The molecule has 1 heterocycles. The molecule has 0 saturated carbocycles. The molecule has 0 aromatic heterocycles. The largest absolute Gasteiger partial charge is 0.352 e. The maximum absolute atomic E-state index is 12.1. The SMILES string of the molecule is CN1CCCC(CNC(=O)c2ccc(Br)cc2Br)C1. The van der Waals surface area contributed by atoms with Gasteiger partial charge in [0.05, 0.1) is 5.56 Å². The van der Waals surface area contributed by atoms with Gasteiger partial charge in [0.15, 0.2) is 0 Å². The summed E-state index contributed by atoms with van der Waals surface area (Å²) in [5.74, 6) is 0.560. The standard InChI is InChI=1S/C14H18Br2N2O/c1-18-6-2-3-10(9-18)8-17-14(19)12-5-4-11(15)7-13(12)16/h4-5,7,10H,2-3,6,8-9H2,1H3,(H,17,19). The Morgan fingerprint density at radius 3 is 2.95 bits per heavy atom. The molecule has 1 unspecified atom stereocenters. The van der Waals surface area contributed by atoms with Crippen molar-refractivity contribution >= 4 is 37.8 Å². The van der Waals surface area contributed by atoms with Crippen LogP contribution in [0, 0.1) is 5.92 Å². The molecule has 1 aliphatic rings. The van der Waals surface area contributed by atoms with Gasteiger partial charge in [0.25, 0.3) is 5.91 Å². The lowest BCUT2D eigenvalue weighted by Crippen LogP contribution is -2.39. The number of piperidine rings is 1. The van der Waals surface area contributed by atoms with E-state index in [1.54, 1.807) is 0 Å². The lowest BCUT2D eigenvalue weighted by atomic mass is 9.98. The summed E-state index contributed by atoms with van der Waals surface area (Å²) in [6.45, 7) is 3.00. The van der Waals surface area contributed by atoms with Crippen LogP contribution in [-0.2, 0) is 0 Å². The summed E-state index contributed by atoms with van der Waals surface area (Å²) >= 11 is 6.81. The van der Waals surface area contributed by atoms with Gasteiger partial charge in [0.1, 0.15) is 0 Å². The fourth-order valence-electron chi connectivity index (χ4n) is 2.45. The molecule has 1 aromatic rings. The minimum absolute atomic E-state index is 0.00685. The van der Waals surface area contributed by atoms with E-state index < -0.39 is 0 Å². The Kier molecular flexibility index (Phi) is 5.42. The second kappa shape index (κ2) is 6.86. The number of likely N-dealkylation sites (tertiary alicyclic amines) is 1. The van der Waals surface area contributed by atoms with Crippen LogP contribution in [0.2, 0.25) is 0 Å². The minimum atomic E-state index is -0.00685. The lowest BCUT2D eigenvalue weighted by Gasteiger charge is -2.29. The van der Waals surface area contributed by atoms with Gasteiger partial charge in [-0.25, -0.2) is 0 Å². The van der Waals surface area contributed by atoms with Crippen LogP contribution in [0.4, 0.5) is 0 Å². The van der Waals surface area contributed by atoms with E-state index in [4.69, 9.17) is 0 Å². The van der Waals surface area contributed by atoms with Crippen molar-refractivity contribution < 1.29 is 4.79 Å². The molecule has 19 heavy (non-hydrogen) atoms. The summed E-state index contributed by atoms with van der Waals surface area (Å²) in [4.78, 5) is 14.5. The van der Waals surface area contributed by atoms with E-state index in [1.807, 2.05) is 18.2 Å². The maximum Gasteiger partial charge on any atom is 0.252 e. The van der Waals surface area contributed by atoms with Gasteiger partial charge in [-0.2, -0.15) is 0 Å². The van der Waals surface area contributed by atoms with Gasteiger partial charge in [-0.15, -0.1) is 0 Å². The molecule has 1 aromatic carbocycles. The first-order valence-corrected chi connectivity index (χ1v) is 8.06. The minimum Gasteiger partial charge on any atom is -0.352 e. The predicted molar refractivity (Wildman–Crippen MR) is 84.4 cm³/mol. The Bertz CT molecular complexity index is 465. The Balaban J connectivity index is 1.90. The summed E-state index contributed by atoms with van der Waals surface area (Å²) in [6, 6.07) is 5.61. The number of hydrogen-bond acceptors (Lipinski definition) is 2. The van der Waals surface area contributed by atoms with Crippen molar-refractivity contribution in [3.63, 3.8) is 0 Å². The number of carbonyl (C=O) groups excluding carboxylic acids is 1. The van der Waals surface area contributed by atoms with E-state index in [1.165, 1.54) is 19.4 Å². The number of carbonyl (C=O) groups is 1. The zero-order valence-corrected chi connectivity index (χ0v) is 14.1. The van der Waals surface area contributed by atoms with Gasteiger partial charge in [-0.3, -0.25) is 4.79 Å². The first kappa shape index (κ1) is 15.0. The third kappa shape index (κ3) is 4.29. The number of nitrogens with zero attached hydrogens (tertiary/aromatic N) is 1. The molecule has 1 amide bonds. The monoisotopic (exact) mass is 388 g/mol. The van der Waals surface area contributed by atoms with Crippen molar-refractivity contribution in [2.24, 2.45) is 5.92 Å². The van der Waals surface area contributed by atoms with Gasteiger partial charge in [0.2, 0.25) is 0 Å².